The summed E-state index contributed by atoms with van der Waals surface area (Å²) in [6.45, 7) is 6.87. The van der Waals surface area contributed by atoms with Gasteiger partial charge >= 0.3 is 12.0 Å². The zero-order chi connectivity index (χ0) is 14.6. The summed E-state index contributed by atoms with van der Waals surface area (Å²) in [5.74, 6) is -1.22. The van der Waals surface area contributed by atoms with Gasteiger partial charge in [0.1, 0.15) is 0 Å². The Bertz CT molecular complexity index is 340. The van der Waals surface area contributed by atoms with E-state index in [1.54, 1.807) is 4.90 Å². The first-order valence-corrected chi connectivity index (χ1v) is 6.81. The van der Waals surface area contributed by atoms with Crippen molar-refractivity contribution in [3.63, 3.8) is 0 Å². The molecule has 0 saturated carbocycles. The van der Waals surface area contributed by atoms with Gasteiger partial charge in [0.25, 0.3) is 0 Å². The fraction of sp³-hybridized carbons (Fsp3) is 0.846. The van der Waals surface area contributed by atoms with E-state index in [1.165, 1.54) is 6.92 Å². The Balaban J connectivity index is 2.63. The van der Waals surface area contributed by atoms with Crippen molar-refractivity contribution >= 4 is 12.0 Å². The third-order valence-electron chi connectivity index (χ3n) is 4.25. The number of hydrogen-bond donors (Lipinski definition) is 3. The van der Waals surface area contributed by atoms with Crippen molar-refractivity contribution in [1.82, 2.24) is 10.2 Å². The number of nitrogens with zero attached hydrogens (tertiary/aromatic N) is 1. The molecule has 0 aromatic rings. The van der Waals surface area contributed by atoms with Gasteiger partial charge < -0.3 is 20.4 Å². The van der Waals surface area contributed by atoms with Gasteiger partial charge in [-0.2, -0.15) is 0 Å². The number of carbonyl (C=O) groups excluding carboxylic acids is 1. The van der Waals surface area contributed by atoms with Crippen molar-refractivity contribution in [3.05, 3.63) is 0 Å². The molecule has 1 fully saturated rings. The fourth-order valence-electron chi connectivity index (χ4n) is 2.55. The third kappa shape index (κ3) is 3.59. The molecule has 0 aromatic carbocycles. The molecule has 2 unspecified atom stereocenters. The predicted octanol–water partition coefficient (Wildman–Crippen LogP) is 1.04. The van der Waals surface area contributed by atoms with Gasteiger partial charge in [0.05, 0.1) is 6.10 Å². The molecule has 6 nitrogen and oxygen atoms in total. The van der Waals surface area contributed by atoms with Gasteiger partial charge in [0.15, 0.2) is 6.04 Å². The van der Waals surface area contributed by atoms with Gasteiger partial charge in [-0.15, -0.1) is 0 Å². The van der Waals surface area contributed by atoms with Crippen LogP contribution >= 0.6 is 0 Å². The molecule has 6 heteroatoms. The van der Waals surface area contributed by atoms with Crippen LogP contribution in [0.25, 0.3) is 0 Å². The van der Waals surface area contributed by atoms with E-state index < -0.39 is 24.1 Å². The SMILES string of the molecule is CCC1(CC)CCN(C(=O)NC(C(=O)O)C(C)O)C1. The van der Waals surface area contributed by atoms with Crippen LogP contribution in [0.4, 0.5) is 4.79 Å². The van der Waals surface area contributed by atoms with Gasteiger partial charge in [-0.05, 0) is 31.6 Å². The summed E-state index contributed by atoms with van der Waals surface area (Å²) in [6, 6.07) is -1.66. The third-order valence-corrected chi connectivity index (χ3v) is 4.25. The Morgan fingerprint density at radius 1 is 1.37 bits per heavy atom. The highest BCUT2D eigenvalue weighted by atomic mass is 16.4. The Labute approximate surface area is 113 Å². The van der Waals surface area contributed by atoms with Crippen LogP contribution in [0.1, 0.15) is 40.0 Å². The number of hydrogen-bond acceptors (Lipinski definition) is 3. The topological polar surface area (TPSA) is 89.9 Å². The van der Waals surface area contributed by atoms with E-state index in [-0.39, 0.29) is 5.41 Å². The quantitative estimate of drug-likeness (QED) is 0.697. The van der Waals surface area contributed by atoms with Crippen LogP contribution in [0.15, 0.2) is 0 Å². The lowest BCUT2D eigenvalue weighted by Crippen LogP contribution is -2.52. The minimum atomic E-state index is -1.26. The van der Waals surface area contributed by atoms with E-state index in [9.17, 15) is 14.7 Å². The van der Waals surface area contributed by atoms with Crippen LogP contribution in [0, 0.1) is 5.41 Å². The smallest absolute Gasteiger partial charge is 0.328 e. The highest BCUT2D eigenvalue weighted by molar-refractivity contribution is 5.83. The lowest BCUT2D eigenvalue weighted by molar-refractivity contribution is -0.141. The number of likely N-dealkylation sites (tertiary alicyclic amines) is 1. The summed E-state index contributed by atoms with van der Waals surface area (Å²) < 4.78 is 0. The second-order valence-electron chi connectivity index (χ2n) is 5.38. The minimum Gasteiger partial charge on any atom is -0.480 e. The number of urea groups is 1. The van der Waals surface area contributed by atoms with Crippen LogP contribution in [-0.2, 0) is 4.79 Å². The first-order valence-electron chi connectivity index (χ1n) is 6.81. The van der Waals surface area contributed by atoms with Crippen LogP contribution in [-0.4, -0.2) is 52.3 Å². The maximum atomic E-state index is 12.0. The Hall–Kier alpha value is -1.30. The molecule has 0 spiro atoms. The molecule has 0 aliphatic carbocycles. The lowest BCUT2D eigenvalue weighted by Gasteiger charge is -2.27. The van der Waals surface area contributed by atoms with E-state index in [4.69, 9.17) is 5.11 Å². The van der Waals surface area contributed by atoms with E-state index in [2.05, 4.69) is 19.2 Å². The number of aliphatic carboxylic acids is 1. The van der Waals surface area contributed by atoms with Crippen LogP contribution in [0.5, 0.6) is 0 Å². The number of carboxylic acids is 1. The van der Waals surface area contributed by atoms with Crippen molar-refractivity contribution in [3.8, 4) is 0 Å². The van der Waals surface area contributed by atoms with Gasteiger partial charge in [0.2, 0.25) is 0 Å². The maximum Gasteiger partial charge on any atom is 0.328 e. The van der Waals surface area contributed by atoms with Crippen molar-refractivity contribution in [2.75, 3.05) is 13.1 Å². The van der Waals surface area contributed by atoms with Crippen LogP contribution in [0.3, 0.4) is 0 Å². The zero-order valence-corrected chi connectivity index (χ0v) is 11.8. The summed E-state index contributed by atoms with van der Waals surface area (Å²) >= 11 is 0. The zero-order valence-electron chi connectivity index (χ0n) is 11.8. The molecular weight excluding hydrogens is 248 g/mol. The average Bonchev–Trinajstić information content (AvgIpc) is 2.80. The van der Waals surface area contributed by atoms with Gasteiger partial charge in [-0.1, -0.05) is 13.8 Å². The van der Waals surface area contributed by atoms with Crippen molar-refractivity contribution in [1.29, 1.82) is 0 Å². The first kappa shape index (κ1) is 15.8. The summed E-state index contributed by atoms with van der Waals surface area (Å²) in [5.41, 5.74) is 0.154. The summed E-state index contributed by atoms with van der Waals surface area (Å²) in [7, 11) is 0. The minimum absolute atomic E-state index is 0.154. The highest BCUT2D eigenvalue weighted by Crippen LogP contribution is 2.36. The number of aliphatic hydroxyl groups excluding tert-OH is 1. The molecule has 2 atom stereocenters. The van der Waals surface area contributed by atoms with Crippen molar-refractivity contribution in [2.24, 2.45) is 5.41 Å². The number of rotatable bonds is 5. The molecule has 1 rings (SSSR count). The summed E-state index contributed by atoms with van der Waals surface area (Å²) in [5, 5.41) is 20.7. The number of amides is 2. The van der Waals surface area contributed by atoms with E-state index >= 15 is 0 Å². The number of carbonyl (C=O) groups is 2. The predicted molar refractivity (Wildman–Crippen MR) is 70.8 cm³/mol. The first-order chi connectivity index (χ1) is 8.85. The standard InChI is InChI=1S/C13H24N2O4/c1-4-13(5-2)6-7-15(8-13)12(19)14-10(9(3)16)11(17)18/h9-10,16H,4-8H2,1-3H3,(H,14,19)(H,17,18). The molecule has 110 valence electrons. The molecule has 1 aliphatic rings. The normalized spacial score (nSPS) is 20.9. The van der Waals surface area contributed by atoms with Crippen molar-refractivity contribution < 1.29 is 19.8 Å². The highest BCUT2D eigenvalue weighted by Gasteiger charge is 2.38. The summed E-state index contributed by atoms with van der Waals surface area (Å²) in [4.78, 5) is 24.6. The monoisotopic (exact) mass is 272 g/mol. The van der Waals surface area contributed by atoms with Crippen LogP contribution < -0.4 is 5.32 Å². The maximum absolute atomic E-state index is 12.0. The molecule has 19 heavy (non-hydrogen) atoms. The van der Waals surface area contributed by atoms with Crippen molar-refractivity contribution in [2.45, 2.75) is 52.2 Å². The molecule has 0 radical (unpaired) electrons. The Morgan fingerprint density at radius 3 is 2.32 bits per heavy atom. The molecule has 1 saturated heterocycles. The molecule has 0 aromatic heterocycles. The Morgan fingerprint density at radius 2 is 1.95 bits per heavy atom. The largest absolute Gasteiger partial charge is 0.480 e. The Kier molecular flexibility index (Phi) is 5.17. The second-order valence-corrected chi connectivity index (χ2v) is 5.38. The summed E-state index contributed by atoms with van der Waals surface area (Å²) in [6.07, 6.45) is 1.84. The molecular formula is C13H24N2O4. The van der Waals surface area contributed by atoms with Gasteiger partial charge in [-0.3, -0.25) is 0 Å². The second kappa shape index (κ2) is 6.23. The average molecular weight is 272 g/mol. The van der Waals surface area contributed by atoms with E-state index in [1.807, 2.05) is 0 Å². The number of aliphatic hydroxyl groups is 1. The molecule has 1 heterocycles. The van der Waals surface area contributed by atoms with Gasteiger partial charge in [0, 0.05) is 13.1 Å². The van der Waals surface area contributed by atoms with E-state index in [0.29, 0.717) is 13.1 Å². The molecule has 1 aliphatic heterocycles. The molecule has 3 N–H and O–H groups in total. The molecule has 0 bridgehead atoms. The van der Waals surface area contributed by atoms with Crippen LogP contribution in [0.2, 0.25) is 0 Å². The number of nitrogens with one attached hydrogen (secondary N) is 1. The van der Waals surface area contributed by atoms with Gasteiger partial charge in [-0.25, -0.2) is 9.59 Å². The number of carboxylic acid groups (broad SMARTS) is 1. The van der Waals surface area contributed by atoms with E-state index in [0.717, 1.165) is 19.3 Å². The fourth-order valence-corrected chi connectivity index (χ4v) is 2.55. The lowest BCUT2D eigenvalue weighted by atomic mass is 9.82. The molecule has 2 amide bonds.